The van der Waals surface area contributed by atoms with Crippen LogP contribution < -0.4 is 14.8 Å². The monoisotopic (exact) mass is 627 g/mol. The summed E-state index contributed by atoms with van der Waals surface area (Å²) in [5.74, 6) is 1.34. The third-order valence-corrected chi connectivity index (χ3v) is 9.01. The number of hydrogen-bond acceptors (Lipinski definition) is 6. The maximum Gasteiger partial charge on any atom is 0.153 e. The molecule has 6 nitrogen and oxygen atoms in total. The van der Waals surface area contributed by atoms with Crippen molar-refractivity contribution in [3.63, 3.8) is 0 Å². The van der Waals surface area contributed by atoms with Crippen LogP contribution in [0.3, 0.4) is 0 Å². The van der Waals surface area contributed by atoms with E-state index in [0.717, 1.165) is 29.8 Å². The molecule has 6 rings (SSSR count). The zero-order valence-corrected chi connectivity index (χ0v) is 26.6. The Morgan fingerprint density at radius 2 is 1.65 bits per heavy atom. The van der Waals surface area contributed by atoms with Gasteiger partial charge in [0.15, 0.2) is 6.29 Å². The molecular formula is C39H34ClN3O3. The minimum absolute atomic E-state index is 0.131. The number of rotatable bonds is 10. The van der Waals surface area contributed by atoms with Crippen LogP contribution in [-0.4, -0.2) is 24.4 Å². The van der Waals surface area contributed by atoms with E-state index in [1.807, 2.05) is 6.07 Å². The van der Waals surface area contributed by atoms with Gasteiger partial charge in [0.05, 0.1) is 16.1 Å². The summed E-state index contributed by atoms with van der Waals surface area (Å²) in [6, 6.07) is 28.7. The Labute approximate surface area is 274 Å². The molecule has 5 aromatic rings. The molecule has 4 aromatic carbocycles. The van der Waals surface area contributed by atoms with E-state index in [-0.39, 0.29) is 13.2 Å². The molecule has 7 heteroatoms. The molecule has 1 saturated heterocycles. The number of nitrogens with one attached hydrogen (secondary N) is 1. The number of aromatic nitrogens is 1. The first-order chi connectivity index (χ1) is 22.4. The molecule has 1 N–H and O–H groups in total. The zero-order chi connectivity index (χ0) is 32.0. The van der Waals surface area contributed by atoms with Crippen LogP contribution in [0.2, 0.25) is 5.02 Å². The van der Waals surface area contributed by atoms with Gasteiger partial charge in [-0.2, -0.15) is 5.26 Å². The van der Waals surface area contributed by atoms with Gasteiger partial charge in [0, 0.05) is 30.6 Å². The number of nitriles is 1. The summed E-state index contributed by atoms with van der Waals surface area (Å²) in [6.07, 6.45) is 4.99. The second kappa shape index (κ2) is 14.0. The summed E-state index contributed by atoms with van der Waals surface area (Å²) in [5, 5.41) is 12.9. The number of pyridine rings is 1. The maximum absolute atomic E-state index is 11.8. The molecule has 0 saturated carbocycles. The second-order valence-electron chi connectivity index (χ2n) is 11.6. The smallest absolute Gasteiger partial charge is 0.153 e. The molecule has 1 unspecified atom stereocenters. The number of hydrogen-bond donors (Lipinski definition) is 1. The molecule has 1 aromatic heterocycles. The summed E-state index contributed by atoms with van der Waals surface area (Å²) < 4.78 is 12.1. The topological polar surface area (TPSA) is 84.2 Å². The van der Waals surface area contributed by atoms with Crippen molar-refractivity contribution < 1.29 is 14.3 Å². The van der Waals surface area contributed by atoms with Gasteiger partial charge in [-0.05, 0) is 89.4 Å². The van der Waals surface area contributed by atoms with Gasteiger partial charge >= 0.3 is 0 Å². The number of nitrogens with zero attached hydrogens (tertiary/aromatic N) is 2. The van der Waals surface area contributed by atoms with E-state index in [1.165, 1.54) is 40.4 Å². The van der Waals surface area contributed by atoms with E-state index in [0.29, 0.717) is 45.4 Å². The highest BCUT2D eigenvalue weighted by Crippen LogP contribution is 2.37. The molecule has 46 heavy (non-hydrogen) atoms. The van der Waals surface area contributed by atoms with Crippen LogP contribution in [0, 0.1) is 25.2 Å². The number of carbonyl (C=O) groups is 1. The Morgan fingerprint density at radius 3 is 2.39 bits per heavy atom. The highest BCUT2D eigenvalue weighted by atomic mass is 35.5. The molecule has 1 fully saturated rings. The first-order valence-electron chi connectivity index (χ1n) is 15.3. The van der Waals surface area contributed by atoms with Crippen LogP contribution >= 0.6 is 11.6 Å². The summed E-state index contributed by atoms with van der Waals surface area (Å²) in [7, 11) is 0. The quantitative estimate of drug-likeness (QED) is 0.156. The lowest BCUT2D eigenvalue weighted by Gasteiger charge is -2.18. The van der Waals surface area contributed by atoms with Crippen molar-refractivity contribution in [1.82, 2.24) is 10.3 Å². The highest BCUT2D eigenvalue weighted by molar-refractivity contribution is 6.32. The molecule has 0 bridgehead atoms. The van der Waals surface area contributed by atoms with Crippen LogP contribution in [0.25, 0.3) is 22.3 Å². The van der Waals surface area contributed by atoms with Gasteiger partial charge in [0.1, 0.15) is 30.8 Å². The lowest BCUT2D eigenvalue weighted by atomic mass is 9.89. The highest BCUT2D eigenvalue weighted by Gasteiger charge is 2.18. The Morgan fingerprint density at radius 1 is 0.913 bits per heavy atom. The molecule has 1 atom stereocenters. The van der Waals surface area contributed by atoms with Gasteiger partial charge < -0.3 is 14.8 Å². The predicted octanol–water partition coefficient (Wildman–Crippen LogP) is 8.60. The fourth-order valence-corrected chi connectivity index (χ4v) is 6.29. The third kappa shape index (κ3) is 6.67. The van der Waals surface area contributed by atoms with Crippen LogP contribution in [0.15, 0.2) is 91.3 Å². The average Bonchev–Trinajstić information content (AvgIpc) is 3.63. The molecule has 1 aliphatic rings. The maximum atomic E-state index is 11.8. The molecule has 0 aliphatic carbocycles. The molecule has 2 heterocycles. The average molecular weight is 628 g/mol. The van der Waals surface area contributed by atoms with Gasteiger partial charge in [-0.1, -0.05) is 72.3 Å². The normalized spacial score (nSPS) is 14.1. The summed E-state index contributed by atoms with van der Waals surface area (Å²) in [4.78, 5) is 15.8. The zero-order valence-electron chi connectivity index (χ0n) is 25.8. The van der Waals surface area contributed by atoms with Crippen LogP contribution in [0.5, 0.6) is 11.5 Å². The van der Waals surface area contributed by atoms with E-state index in [9.17, 15) is 4.79 Å². The molecule has 0 spiro atoms. The van der Waals surface area contributed by atoms with E-state index in [4.69, 9.17) is 26.3 Å². The number of aldehydes is 1. The van der Waals surface area contributed by atoms with Crippen molar-refractivity contribution in [1.29, 1.82) is 5.26 Å². The van der Waals surface area contributed by atoms with Crippen LogP contribution in [-0.2, 0) is 13.2 Å². The van der Waals surface area contributed by atoms with Crippen molar-refractivity contribution in [2.24, 2.45) is 0 Å². The number of benzene rings is 4. The lowest BCUT2D eigenvalue weighted by Crippen LogP contribution is -2.07. The number of carbonyl (C=O) groups excluding carboxylic acids is 1. The Kier molecular flexibility index (Phi) is 9.44. The van der Waals surface area contributed by atoms with Crippen molar-refractivity contribution in [2.45, 2.75) is 39.4 Å². The van der Waals surface area contributed by atoms with Gasteiger partial charge in [-0.25, -0.2) is 0 Å². The Bertz CT molecular complexity index is 1930. The largest absolute Gasteiger partial charge is 0.488 e. The van der Waals surface area contributed by atoms with Crippen LogP contribution in [0.4, 0.5) is 0 Å². The second-order valence-corrected chi connectivity index (χ2v) is 12.0. The number of ether oxygens (including phenoxy) is 2. The van der Waals surface area contributed by atoms with Gasteiger partial charge in [0.2, 0.25) is 0 Å². The summed E-state index contributed by atoms with van der Waals surface area (Å²) >= 11 is 6.52. The van der Waals surface area contributed by atoms with Crippen molar-refractivity contribution in [3.05, 3.63) is 135 Å². The fourth-order valence-electron chi connectivity index (χ4n) is 6.07. The van der Waals surface area contributed by atoms with Gasteiger partial charge in [0.25, 0.3) is 0 Å². The fraction of sp³-hybridized carbons (Fsp3) is 0.205. The SMILES string of the molecule is Cc1c(COc2cc(OCc3cncc(C#N)c3)c(C=O)cc2Cl)cccc1-c1cccc(-c2ccc(C3CCNC3)cc2)c1C. The standard InChI is InChI=1S/C39H34ClN3O3/c1-25-32(24-46-39-17-38(33(22-44)16-37(39)40)45-23-28-15-27(18-41)19-43-20-28)5-3-7-35(25)36-8-4-6-34(26(36)2)30-11-9-29(10-12-30)31-13-14-42-21-31/h3-12,15-17,19-20,22,31,42H,13-14,21,23-24H2,1-2H3. The molecule has 1 aliphatic heterocycles. The van der Waals surface area contributed by atoms with E-state index < -0.39 is 0 Å². The van der Waals surface area contributed by atoms with Crippen LogP contribution in [0.1, 0.15) is 56.1 Å². The molecule has 0 radical (unpaired) electrons. The Balaban J connectivity index is 1.21. The first-order valence-corrected chi connectivity index (χ1v) is 15.7. The summed E-state index contributed by atoms with van der Waals surface area (Å²) in [6.45, 7) is 6.85. The third-order valence-electron chi connectivity index (χ3n) is 8.72. The van der Waals surface area contributed by atoms with E-state index in [1.54, 1.807) is 24.4 Å². The Hall–Kier alpha value is -4.96. The molecule has 230 valence electrons. The lowest BCUT2D eigenvalue weighted by molar-refractivity contribution is 0.111. The molecule has 0 amide bonds. The summed E-state index contributed by atoms with van der Waals surface area (Å²) in [5.41, 5.74) is 11.0. The van der Waals surface area contributed by atoms with Gasteiger partial charge in [-0.15, -0.1) is 0 Å². The minimum atomic E-state index is 0.131. The number of halogens is 1. The first kappa shape index (κ1) is 31.0. The van der Waals surface area contributed by atoms with E-state index in [2.05, 4.69) is 84.8 Å². The van der Waals surface area contributed by atoms with Gasteiger partial charge in [-0.3, -0.25) is 9.78 Å². The van der Waals surface area contributed by atoms with E-state index >= 15 is 0 Å². The predicted molar refractivity (Wildman–Crippen MR) is 181 cm³/mol. The molecular weight excluding hydrogens is 594 g/mol. The van der Waals surface area contributed by atoms with Crippen molar-refractivity contribution in [2.75, 3.05) is 13.1 Å². The minimum Gasteiger partial charge on any atom is -0.488 e. The van der Waals surface area contributed by atoms with Crippen molar-refractivity contribution >= 4 is 17.9 Å². The van der Waals surface area contributed by atoms with Crippen molar-refractivity contribution in [3.8, 4) is 39.8 Å².